The van der Waals surface area contributed by atoms with Gasteiger partial charge in [-0.3, -0.25) is 0 Å². The first-order valence-electron chi connectivity index (χ1n) is 11.4. The Morgan fingerprint density at radius 1 is 1.00 bits per heavy atom. The summed E-state index contributed by atoms with van der Waals surface area (Å²) >= 11 is 0. The van der Waals surface area contributed by atoms with E-state index in [1.54, 1.807) is 48.5 Å². The van der Waals surface area contributed by atoms with Crippen LogP contribution in [-0.4, -0.2) is 73.2 Å². The number of aliphatic carboxylic acids is 1. The number of carboxylic acid groups (broad SMARTS) is 1. The molecule has 0 radical (unpaired) electrons. The molecule has 0 amide bonds. The number of rotatable bonds is 7. The van der Waals surface area contributed by atoms with Gasteiger partial charge in [0.15, 0.2) is 0 Å². The van der Waals surface area contributed by atoms with E-state index in [9.17, 15) is 35.4 Å². The molecule has 2 aliphatic rings. The van der Waals surface area contributed by atoms with Gasteiger partial charge in [-0.2, -0.15) is 0 Å². The van der Waals surface area contributed by atoms with Crippen LogP contribution >= 0.6 is 0 Å². The summed E-state index contributed by atoms with van der Waals surface area (Å²) in [6, 6.07) is 13.6. The van der Waals surface area contributed by atoms with Crippen LogP contribution in [0.1, 0.15) is 42.4 Å². The number of aliphatic hydroxyl groups excluding tert-OH is 4. The molecule has 1 aliphatic carbocycles. The van der Waals surface area contributed by atoms with Gasteiger partial charge >= 0.3 is 5.97 Å². The van der Waals surface area contributed by atoms with E-state index in [-0.39, 0.29) is 5.56 Å². The maximum Gasteiger partial charge on any atom is 0.348 e. The highest BCUT2D eigenvalue weighted by atomic mass is 16.7. The van der Waals surface area contributed by atoms with Crippen molar-refractivity contribution in [1.82, 2.24) is 0 Å². The SMILES string of the molecule is O=C(O)C1(Oc2ccc(Cc3ccccc3[C@@]3(O)O[C@H](CO)[C@@H](O)[C@H](O)[C@H]3O)cc2)CCCC1. The molecule has 0 unspecified atom stereocenters. The zero-order valence-electron chi connectivity index (χ0n) is 18.6. The number of ether oxygens (including phenoxy) is 2. The van der Waals surface area contributed by atoms with Crippen molar-refractivity contribution in [2.45, 2.75) is 67.9 Å². The highest BCUT2D eigenvalue weighted by Gasteiger charge is 2.54. The molecule has 1 saturated heterocycles. The summed E-state index contributed by atoms with van der Waals surface area (Å²) in [5.41, 5.74) is 0.420. The summed E-state index contributed by atoms with van der Waals surface area (Å²) in [6.07, 6.45) is -3.55. The predicted octanol–water partition coefficient (Wildman–Crippen LogP) is 0.672. The van der Waals surface area contributed by atoms with Crippen molar-refractivity contribution in [2.24, 2.45) is 0 Å². The van der Waals surface area contributed by atoms with E-state index < -0.39 is 48.4 Å². The van der Waals surface area contributed by atoms with Gasteiger partial charge in [0, 0.05) is 5.56 Å². The molecule has 1 heterocycles. The molecule has 1 aliphatic heterocycles. The smallest absolute Gasteiger partial charge is 0.348 e. The lowest BCUT2D eigenvalue weighted by Crippen LogP contribution is -2.63. The second kappa shape index (κ2) is 9.61. The van der Waals surface area contributed by atoms with E-state index in [4.69, 9.17) is 9.47 Å². The fraction of sp³-hybridized carbons (Fsp3) is 0.480. The maximum absolute atomic E-state index is 11.7. The normalized spacial score (nSPS) is 30.7. The van der Waals surface area contributed by atoms with E-state index in [1.807, 2.05) is 0 Å². The van der Waals surface area contributed by atoms with Gasteiger partial charge in [-0.15, -0.1) is 0 Å². The van der Waals surface area contributed by atoms with Crippen LogP contribution in [0, 0.1) is 0 Å². The Morgan fingerprint density at radius 3 is 2.26 bits per heavy atom. The maximum atomic E-state index is 11.7. The molecule has 0 bridgehead atoms. The van der Waals surface area contributed by atoms with Gasteiger partial charge in [0.2, 0.25) is 11.4 Å². The average molecular weight is 475 g/mol. The molecule has 34 heavy (non-hydrogen) atoms. The molecule has 2 fully saturated rings. The number of hydrogen-bond acceptors (Lipinski definition) is 8. The molecule has 1 saturated carbocycles. The minimum atomic E-state index is -2.35. The summed E-state index contributed by atoms with van der Waals surface area (Å²) in [7, 11) is 0. The zero-order valence-corrected chi connectivity index (χ0v) is 18.6. The molecule has 9 nitrogen and oxygen atoms in total. The van der Waals surface area contributed by atoms with Crippen LogP contribution in [0.2, 0.25) is 0 Å². The van der Waals surface area contributed by atoms with Crippen molar-refractivity contribution in [3.8, 4) is 5.75 Å². The first-order valence-corrected chi connectivity index (χ1v) is 11.4. The Kier molecular flexibility index (Phi) is 6.95. The molecular weight excluding hydrogens is 444 g/mol. The van der Waals surface area contributed by atoms with Crippen LogP contribution < -0.4 is 4.74 Å². The van der Waals surface area contributed by atoms with Crippen molar-refractivity contribution in [3.63, 3.8) is 0 Å². The molecular formula is C25H30O9. The van der Waals surface area contributed by atoms with Gasteiger partial charge in [0.1, 0.15) is 30.2 Å². The molecule has 5 atom stereocenters. The number of benzene rings is 2. The summed E-state index contributed by atoms with van der Waals surface area (Å²) in [5, 5.41) is 61.1. The highest BCUT2D eigenvalue weighted by molar-refractivity contribution is 5.78. The summed E-state index contributed by atoms with van der Waals surface area (Å²) in [4.78, 5) is 11.7. The number of hydrogen-bond donors (Lipinski definition) is 6. The van der Waals surface area contributed by atoms with Crippen LogP contribution in [0.25, 0.3) is 0 Å². The third-order valence-corrected chi connectivity index (χ3v) is 6.80. The van der Waals surface area contributed by atoms with Gasteiger partial charge in [-0.1, -0.05) is 36.4 Å². The van der Waals surface area contributed by atoms with Crippen molar-refractivity contribution < 1.29 is 44.9 Å². The predicted molar refractivity (Wildman–Crippen MR) is 119 cm³/mol. The first kappa shape index (κ1) is 24.6. The number of aliphatic hydroxyl groups is 5. The lowest BCUT2D eigenvalue weighted by atomic mass is 9.85. The molecule has 0 spiro atoms. The molecule has 184 valence electrons. The highest BCUT2D eigenvalue weighted by Crippen LogP contribution is 2.39. The molecule has 4 rings (SSSR count). The Hall–Kier alpha value is -2.53. The standard InChI is InChI=1S/C25H30O9/c26-14-19-20(27)21(28)22(29)25(32,34-19)18-6-2-1-5-16(18)13-15-7-9-17(10-8-15)33-24(23(30)31)11-3-4-12-24/h1-2,5-10,19-22,26-29,32H,3-4,11-14H2,(H,30,31)/t19-,20-,21+,22-,25-/m1/s1. The van der Waals surface area contributed by atoms with Gasteiger partial charge in [0.05, 0.1) is 6.61 Å². The Morgan fingerprint density at radius 2 is 1.65 bits per heavy atom. The van der Waals surface area contributed by atoms with E-state index >= 15 is 0 Å². The number of carbonyl (C=O) groups is 1. The minimum absolute atomic E-state index is 0.197. The molecule has 0 aromatic heterocycles. The molecule has 2 aromatic rings. The fourth-order valence-corrected chi connectivity index (χ4v) is 4.83. The van der Waals surface area contributed by atoms with Crippen LogP contribution in [0.15, 0.2) is 48.5 Å². The van der Waals surface area contributed by atoms with Crippen molar-refractivity contribution >= 4 is 5.97 Å². The summed E-state index contributed by atoms with van der Waals surface area (Å²) in [6.45, 7) is -0.658. The minimum Gasteiger partial charge on any atom is -0.478 e. The average Bonchev–Trinajstić information content (AvgIpc) is 3.32. The second-order valence-corrected chi connectivity index (χ2v) is 9.05. The van der Waals surface area contributed by atoms with Crippen LogP contribution in [-0.2, 0) is 21.7 Å². The molecule has 6 N–H and O–H groups in total. The lowest BCUT2D eigenvalue weighted by molar-refractivity contribution is -0.358. The zero-order chi connectivity index (χ0) is 24.5. The van der Waals surface area contributed by atoms with Crippen LogP contribution in [0.3, 0.4) is 0 Å². The van der Waals surface area contributed by atoms with Crippen molar-refractivity contribution in [1.29, 1.82) is 0 Å². The van der Waals surface area contributed by atoms with Crippen LogP contribution in [0.5, 0.6) is 5.75 Å². The Balaban J connectivity index is 1.56. The van der Waals surface area contributed by atoms with E-state index in [0.29, 0.717) is 30.6 Å². The van der Waals surface area contributed by atoms with Gasteiger partial charge in [0.25, 0.3) is 0 Å². The third-order valence-electron chi connectivity index (χ3n) is 6.80. The van der Waals surface area contributed by atoms with Gasteiger partial charge in [-0.05, 0) is 55.4 Å². The van der Waals surface area contributed by atoms with E-state index in [0.717, 1.165) is 18.4 Å². The number of carboxylic acids is 1. The Bertz CT molecular complexity index is 1000. The second-order valence-electron chi connectivity index (χ2n) is 9.05. The first-order chi connectivity index (χ1) is 16.2. The topological polar surface area (TPSA) is 157 Å². The Labute approximate surface area is 196 Å². The van der Waals surface area contributed by atoms with Crippen molar-refractivity contribution in [2.75, 3.05) is 6.61 Å². The summed E-state index contributed by atoms with van der Waals surface area (Å²) < 4.78 is 11.3. The fourth-order valence-electron chi connectivity index (χ4n) is 4.83. The monoisotopic (exact) mass is 474 g/mol. The lowest BCUT2D eigenvalue weighted by Gasteiger charge is -2.46. The van der Waals surface area contributed by atoms with Gasteiger partial charge in [-0.25, -0.2) is 4.79 Å². The van der Waals surface area contributed by atoms with Crippen LogP contribution in [0.4, 0.5) is 0 Å². The van der Waals surface area contributed by atoms with E-state index in [2.05, 4.69) is 0 Å². The van der Waals surface area contributed by atoms with Crippen molar-refractivity contribution in [3.05, 3.63) is 65.2 Å². The quantitative estimate of drug-likeness (QED) is 0.339. The molecule has 2 aromatic carbocycles. The third kappa shape index (κ3) is 4.43. The largest absolute Gasteiger partial charge is 0.478 e. The molecule has 9 heteroatoms. The van der Waals surface area contributed by atoms with Gasteiger partial charge < -0.3 is 40.1 Å². The van der Waals surface area contributed by atoms with E-state index in [1.165, 1.54) is 0 Å². The summed E-state index contributed by atoms with van der Waals surface area (Å²) in [5.74, 6) is -2.85.